The number of hydrogen-bond acceptors (Lipinski definition) is 6. The van der Waals surface area contributed by atoms with Crippen LogP contribution in [-0.2, 0) is 38.1 Å². The van der Waals surface area contributed by atoms with Crippen molar-refractivity contribution in [3.8, 4) is 0 Å². The van der Waals surface area contributed by atoms with Gasteiger partial charge in [-0.2, -0.15) is 18.0 Å². The third-order valence-corrected chi connectivity index (χ3v) is 8.45. The first-order valence-corrected chi connectivity index (χ1v) is 14.4. The minimum atomic E-state index is -4.41. The molecule has 2 fully saturated rings. The highest BCUT2D eigenvalue weighted by Crippen LogP contribution is 2.42. The van der Waals surface area contributed by atoms with Gasteiger partial charge in [-0.1, -0.05) is 30.6 Å². The summed E-state index contributed by atoms with van der Waals surface area (Å²) in [5.41, 5.74) is 4.04. The summed E-state index contributed by atoms with van der Waals surface area (Å²) in [7, 11) is 1.70. The summed E-state index contributed by atoms with van der Waals surface area (Å²) in [6.45, 7) is 8.91. The molecule has 0 bridgehead atoms. The smallest absolute Gasteiger partial charge is 0.356 e. The monoisotopic (exact) mass is 553 g/mol. The quantitative estimate of drug-likeness (QED) is 0.307. The number of alkyl halides is 3. The summed E-state index contributed by atoms with van der Waals surface area (Å²) in [6, 6.07) is 6.51. The minimum Gasteiger partial charge on any atom is -0.356 e. The van der Waals surface area contributed by atoms with E-state index in [4.69, 9.17) is 4.98 Å². The van der Waals surface area contributed by atoms with Crippen molar-refractivity contribution in [2.75, 3.05) is 22.9 Å². The van der Waals surface area contributed by atoms with Crippen LogP contribution in [0.15, 0.2) is 24.3 Å². The molecule has 2 aromatic heterocycles. The Bertz CT molecular complexity index is 1370. The highest BCUT2D eigenvalue weighted by Gasteiger charge is 2.36. The summed E-state index contributed by atoms with van der Waals surface area (Å²) in [5.74, 6) is 2.82. The van der Waals surface area contributed by atoms with Crippen molar-refractivity contribution in [3.05, 3.63) is 57.8 Å². The van der Waals surface area contributed by atoms with Gasteiger partial charge in [0.1, 0.15) is 5.82 Å². The number of fused-ring (bicyclic) bond motifs is 1. The van der Waals surface area contributed by atoms with E-state index < -0.39 is 11.7 Å². The number of tetrazole rings is 1. The first-order chi connectivity index (χ1) is 18.9. The van der Waals surface area contributed by atoms with E-state index in [1.54, 1.807) is 20.0 Å². The van der Waals surface area contributed by atoms with Crippen LogP contribution in [0.5, 0.6) is 0 Å². The molecule has 0 atom stereocenters. The van der Waals surface area contributed by atoms with Crippen molar-refractivity contribution in [3.63, 3.8) is 0 Å². The van der Waals surface area contributed by atoms with Crippen molar-refractivity contribution < 1.29 is 13.2 Å². The van der Waals surface area contributed by atoms with Crippen molar-refractivity contribution in [1.82, 2.24) is 25.2 Å². The Labute approximate surface area is 233 Å². The number of anilines is 2. The summed E-state index contributed by atoms with van der Waals surface area (Å²) >= 11 is 0. The molecule has 0 N–H and O–H groups in total. The maximum absolute atomic E-state index is 13.6. The van der Waals surface area contributed by atoms with Gasteiger partial charge in [-0.15, -0.1) is 5.10 Å². The lowest BCUT2D eigenvalue weighted by Crippen LogP contribution is -2.32. The fraction of sp³-hybridized carbons (Fsp3) is 0.600. The van der Waals surface area contributed by atoms with Gasteiger partial charge in [-0.05, 0) is 91.8 Å². The van der Waals surface area contributed by atoms with Gasteiger partial charge in [0, 0.05) is 37.2 Å². The molecule has 0 unspecified atom stereocenters. The molecule has 1 aromatic carbocycles. The molecule has 40 heavy (non-hydrogen) atoms. The molecule has 0 radical (unpaired) electrons. The predicted molar refractivity (Wildman–Crippen MR) is 148 cm³/mol. The van der Waals surface area contributed by atoms with Crippen LogP contribution < -0.4 is 9.80 Å². The molecule has 2 saturated carbocycles. The van der Waals surface area contributed by atoms with E-state index in [0.29, 0.717) is 35.5 Å². The zero-order chi connectivity index (χ0) is 28.2. The summed E-state index contributed by atoms with van der Waals surface area (Å²) in [5, 5.41) is 12.7. The van der Waals surface area contributed by atoms with E-state index in [2.05, 4.69) is 40.2 Å². The molecule has 6 rings (SSSR count). The van der Waals surface area contributed by atoms with Crippen LogP contribution in [0.25, 0.3) is 0 Å². The number of halogens is 3. The molecule has 7 nitrogen and oxygen atoms in total. The van der Waals surface area contributed by atoms with Gasteiger partial charge in [-0.3, -0.25) is 0 Å². The van der Waals surface area contributed by atoms with Crippen LogP contribution in [0.2, 0.25) is 0 Å². The molecule has 10 heteroatoms. The van der Waals surface area contributed by atoms with Gasteiger partial charge in [0.15, 0.2) is 0 Å². The van der Waals surface area contributed by atoms with Crippen LogP contribution >= 0.6 is 0 Å². The maximum Gasteiger partial charge on any atom is 0.416 e. The van der Waals surface area contributed by atoms with E-state index >= 15 is 0 Å². The number of benzene rings is 1. The standard InChI is InChI=1S/C30H38F3N7/c1-19-11-22(13-25(12-19)30(31,32)33)17-40(28-35-37-38(4)36-28)18-24-14-23-9-10-29(2,3)26(23)34-27(24)39(15-20-5-6-20)16-21-7-8-21/h11-14,20-21H,5-10,15-18H2,1-4H3. The largest absolute Gasteiger partial charge is 0.416 e. The second-order valence-corrected chi connectivity index (χ2v) is 12.8. The third-order valence-electron chi connectivity index (χ3n) is 8.45. The molecule has 0 saturated heterocycles. The van der Waals surface area contributed by atoms with Crippen LogP contribution in [0.3, 0.4) is 0 Å². The van der Waals surface area contributed by atoms with Gasteiger partial charge >= 0.3 is 6.18 Å². The molecule has 3 aliphatic carbocycles. The summed E-state index contributed by atoms with van der Waals surface area (Å²) in [4.78, 5) is 11.2. The molecule has 214 valence electrons. The van der Waals surface area contributed by atoms with E-state index in [9.17, 15) is 13.2 Å². The lowest BCUT2D eigenvalue weighted by molar-refractivity contribution is -0.137. The number of nitrogens with zero attached hydrogens (tertiary/aromatic N) is 7. The van der Waals surface area contributed by atoms with Crippen molar-refractivity contribution in [2.24, 2.45) is 18.9 Å². The van der Waals surface area contributed by atoms with E-state index in [0.717, 1.165) is 37.3 Å². The Morgan fingerprint density at radius 2 is 1.68 bits per heavy atom. The Morgan fingerprint density at radius 3 is 2.27 bits per heavy atom. The Hall–Kier alpha value is -3.17. The van der Waals surface area contributed by atoms with Crippen molar-refractivity contribution in [1.29, 1.82) is 0 Å². The van der Waals surface area contributed by atoms with Gasteiger partial charge in [0.2, 0.25) is 0 Å². The zero-order valence-corrected chi connectivity index (χ0v) is 23.8. The Morgan fingerprint density at radius 1 is 0.975 bits per heavy atom. The summed E-state index contributed by atoms with van der Waals surface area (Å²) < 4.78 is 40.9. The van der Waals surface area contributed by atoms with Gasteiger partial charge < -0.3 is 9.80 Å². The average Bonchev–Trinajstić information content (AvgIpc) is 3.80. The zero-order valence-electron chi connectivity index (χ0n) is 23.8. The number of rotatable bonds is 10. The second-order valence-electron chi connectivity index (χ2n) is 12.8. The average molecular weight is 554 g/mol. The van der Waals surface area contributed by atoms with Crippen LogP contribution in [0, 0.1) is 18.8 Å². The van der Waals surface area contributed by atoms with E-state index in [1.165, 1.54) is 53.9 Å². The molecule has 0 amide bonds. The van der Waals surface area contributed by atoms with Crippen molar-refractivity contribution >= 4 is 11.8 Å². The van der Waals surface area contributed by atoms with E-state index in [-0.39, 0.29) is 12.0 Å². The van der Waals surface area contributed by atoms with Gasteiger partial charge in [0.05, 0.1) is 18.3 Å². The minimum absolute atomic E-state index is 0.0230. The lowest BCUT2D eigenvalue weighted by atomic mass is 9.90. The number of aryl methyl sites for hydroxylation is 3. The fourth-order valence-corrected chi connectivity index (χ4v) is 5.94. The number of hydrogen-bond donors (Lipinski definition) is 0. The SMILES string of the molecule is Cc1cc(CN(Cc2cc3c(nc2N(CC2CC2)CC2CC2)C(C)(C)CC3)c2nnn(C)n2)cc(C(F)(F)F)c1. The fourth-order valence-electron chi connectivity index (χ4n) is 5.94. The maximum atomic E-state index is 13.6. The van der Waals surface area contributed by atoms with Crippen LogP contribution in [-0.4, -0.2) is 38.3 Å². The van der Waals surface area contributed by atoms with E-state index in [1.807, 2.05) is 4.90 Å². The van der Waals surface area contributed by atoms with Crippen LogP contribution in [0.1, 0.15) is 79.5 Å². The Kier molecular flexibility index (Phi) is 6.78. The molecule has 0 spiro atoms. The van der Waals surface area contributed by atoms with Crippen molar-refractivity contribution in [2.45, 2.75) is 84.0 Å². The number of aromatic nitrogens is 5. The summed E-state index contributed by atoms with van der Waals surface area (Å²) in [6.07, 6.45) is 2.67. The molecular formula is C30H38F3N7. The molecule has 3 aliphatic rings. The lowest BCUT2D eigenvalue weighted by Gasteiger charge is -2.30. The molecule has 2 heterocycles. The first-order valence-electron chi connectivity index (χ1n) is 14.4. The topological polar surface area (TPSA) is 63.0 Å². The third kappa shape index (κ3) is 5.95. The highest BCUT2D eigenvalue weighted by atomic mass is 19.4. The molecule has 3 aromatic rings. The van der Waals surface area contributed by atoms with Gasteiger partial charge in [-0.25, -0.2) is 4.98 Å². The molecular weight excluding hydrogens is 515 g/mol. The Balaban J connectivity index is 1.40. The molecule has 0 aliphatic heterocycles. The number of pyridine rings is 1. The second kappa shape index (κ2) is 10.0. The predicted octanol–water partition coefficient (Wildman–Crippen LogP) is 5.99. The first kappa shape index (κ1) is 27.0. The van der Waals surface area contributed by atoms with Crippen LogP contribution in [0.4, 0.5) is 24.9 Å². The van der Waals surface area contributed by atoms with Gasteiger partial charge in [0.25, 0.3) is 5.95 Å². The highest BCUT2D eigenvalue weighted by molar-refractivity contribution is 5.54. The normalized spacial score (nSPS) is 18.2.